The first-order valence-corrected chi connectivity index (χ1v) is 9.91. The first-order chi connectivity index (χ1) is 13.4. The quantitative estimate of drug-likeness (QED) is 0.283. The number of carbonyl (C=O) groups is 3. The van der Waals surface area contributed by atoms with Gasteiger partial charge in [0.1, 0.15) is 0 Å². The maximum absolute atomic E-state index is 12.6. The minimum Gasteiger partial charge on any atom is -0.504 e. The van der Waals surface area contributed by atoms with Crippen LogP contribution in [0.5, 0.6) is 0 Å². The molecule has 4 N–H and O–H groups in total. The zero-order valence-electron chi connectivity index (χ0n) is 17.5. The summed E-state index contributed by atoms with van der Waals surface area (Å²) in [4.78, 5) is 35.4. The monoisotopic (exact) mass is 412 g/mol. The molecule has 0 amide bonds. The number of carboxylic acid groups (broad SMARTS) is 1. The first kappa shape index (κ1) is 24.7. The van der Waals surface area contributed by atoms with Gasteiger partial charge in [-0.05, 0) is 37.7 Å². The fourth-order valence-corrected chi connectivity index (χ4v) is 3.33. The summed E-state index contributed by atoms with van der Waals surface area (Å²) >= 11 is 0. The van der Waals surface area contributed by atoms with Crippen molar-refractivity contribution in [3.05, 3.63) is 23.2 Å². The van der Waals surface area contributed by atoms with Gasteiger partial charge < -0.3 is 25.2 Å². The first-order valence-electron chi connectivity index (χ1n) is 9.91. The van der Waals surface area contributed by atoms with Gasteiger partial charge in [-0.2, -0.15) is 0 Å². The lowest BCUT2D eigenvalue weighted by Gasteiger charge is -2.27. The van der Waals surface area contributed by atoms with E-state index in [9.17, 15) is 29.7 Å². The van der Waals surface area contributed by atoms with Crippen LogP contribution in [-0.4, -0.2) is 49.9 Å². The fourth-order valence-electron chi connectivity index (χ4n) is 3.33. The second-order valence-electron chi connectivity index (χ2n) is 8.24. The second-order valence-corrected chi connectivity index (χ2v) is 8.24. The number of hydrogen-bond donors (Lipinski definition) is 4. The minimum atomic E-state index is -2.88. The number of hydrogen-bond acceptors (Lipinski definition) is 7. The zero-order valence-corrected chi connectivity index (χ0v) is 17.5. The van der Waals surface area contributed by atoms with Crippen LogP contribution in [0.3, 0.4) is 0 Å². The molecule has 1 unspecified atom stereocenters. The molecule has 1 rings (SSSR count). The number of carboxylic acids is 1. The fraction of sp³-hybridized carbons (Fsp3) is 0.667. The Labute approximate surface area is 170 Å². The highest BCUT2D eigenvalue weighted by atomic mass is 16.6. The highest BCUT2D eigenvalue weighted by molar-refractivity contribution is 6.08. The molecule has 1 aliphatic rings. The van der Waals surface area contributed by atoms with Gasteiger partial charge in [0, 0.05) is 0 Å². The van der Waals surface area contributed by atoms with Gasteiger partial charge in [0.2, 0.25) is 17.6 Å². The van der Waals surface area contributed by atoms with Crippen LogP contribution >= 0.6 is 0 Å². The van der Waals surface area contributed by atoms with Gasteiger partial charge in [-0.3, -0.25) is 4.79 Å². The van der Waals surface area contributed by atoms with Crippen molar-refractivity contribution < 1.29 is 39.5 Å². The molecular weight excluding hydrogens is 380 g/mol. The Kier molecular flexibility index (Phi) is 8.88. The van der Waals surface area contributed by atoms with Crippen LogP contribution in [0.15, 0.2) is 23.2 Å². The Morgan fingerprint density at radius 2 is 1.69 bits per heavy atom. The van der Waals surface area contributed by atoms with E-state index in [1.54, 1.807) is 6.92 Å². The highest BCUT2D eigenvalue weighted by Gasteiger charge is 2.61. The lowest BCUT2D eigenvalue weighted by molar-refractivity contribution is -0.178. The molecule has 1 aliphatic heterocycles. The zero-order chi connectivity index (χ0) is 22.4. The summed E-state index contributed by atoms with van der Waals surface area (Å²) < 4.78 is 4.63. The topological polar surface area (TPSA) is 141 Å². The summed E-state index contributed by atoms with van der Waals surface area (Å²) in [5.41, 5.74) is -2.30. The summed E-state index contributed by atoms with van der Waals surface area (Å²) in [6.07, 6.45) is 4.27. The van der Waals surface area contributed by atoms with Crippen LogP contribution in [0.4, 0.5) is 0 Å². The molecule has 8 heteroatoms. The standard InChI is InChI=1S/C21H32O8/c1-12(2)7-5-8-13(3)9-6-10-14(4)11-15(22)21(18(25)19(26)27)17(24)16(23)20(28)29-21/h11-13,18,23-25H,5-10H2,1-4H3,(H,26,27)/t13?,18-,21-/m0/s1. The predicted octanol–water partition coefficient (Wildman–Crippen LogP) is 3.20. The summed E-state index contributed by atoms with van der Waals surface area (Å²) in [6.45, 7) is 8.21. The third-order valence-electron chi connectivity index (χ3n) is 5.13. The molecule has 0 aromatic heterocycles. The number of rotatable bonds is 12. The van der Waals surface area contributed by atoms with Gasteiger partial charge in [-0.1, -0.05) is 52.0 Å². The molecule has 29 heavy (non-hydrogen) atoms. The lowest BCUT2D eigenvalue weighted by Crippen LogP contribution is -2.54. The van der Waals surface area contributed by atoms with Gasteiger partial charge in [0.15, 0.2) is 5.76 Å². The molecule has 0 bridgehead atoms. The number of carbonyl (C=O) groups excluding carboxylic acids is 2. The molecule has 0 aromatic carbocycles. The molecule has 3 atom stereocenters. The number of cyclic esters (lactones) is 1. The summed E-state index contributed by atoms with van der Waals surface area (Å²) in [5, 5.41) is 38.4. The van der Waals surface area contributed by atoms with Crippen molar-refractivity contribution in [1.82, 2.24) is 0 Å². The third-order valence-corrected chi connectivity index (χ3v) is 5.13. The van der Waals surface area contributed by atoms with Gasteiger partial charge in [-0.15, -0.1) is 0 Å². The van der Waals surface area contributed by atoms with E-state index in [0.29, 0.717) is 23.8 Å². The van der Waals surface area contributed by atoms with Gasteiger partial charge >= 0.3 is 11.9 Å². The maximum Gasteiger partial charge on any atom is 0.378 e. The lowest BCUT2D eigenvalue weighted by atomic mass is 9.87. The van der Waals surface area contributed by atoms with Gasteiger partial charge in [0.25, 0.3) is 5.60 Å². The maximum atomic E-state index is 12.6. The molecule has 0 aliphatic carbocycles. The van der Waals surface area contributed by atoms with Crippen LogP contribution in [-0.2, 0) is 19.1 Å². The Balaban J connectivity index is 2.78. The largest absolute Gasteiger partial charge is 0.504 e. The summed E-state index contributed by atoms with van der Waals surface area (Å²) in [7, 11) is 0. The SMILES string of the molecule is CC(=CC(=O)[C@]1([C@@H](O)C(=O)O)OC(=O)C(O)=C1O)CCCC(C)CCCC(C)C. The van der Waals surface area contributed by atoms with Gasteiger partial charge in [-0.25, -0.2) is 9.59 Å². The summed E-state index contributed by atoms with van der Waals surface area (Å²) in [6, 6.07) is 0. The number of ketones is 1. The van der Waals surface area contributed by atoms with E-state index in [1.807, 2.05) is 0 Å². The van der Waals surface area contributed by atoms with E-state index in [2.05, 4.69) is 25.5 Å². The number of aliphatic hydroxyl groups is 3. The summed E-state index contributed by atoms with van der Waals surface area (Å²) in [5.74, 6) is -5.85. The number of esters is 1. The van der Waals surface area contributed by atoms with Crippen molar-refractivity contribution in [1.29, 1.82) is 0 Å². The van der Waals surface area contributed by atoms with Crippen molar-refractivity contribution in [3.63, 3.8) is 0 Å². The van der Waals surface area contributed by atoms with Crippen molar-refractivity contribution in [3.8, 4) is 0 Å². The van der Waals surface area contributed by atoms with Crippen LogP contribution in [0, 0.1) is 11.8 Å². The third kappa shape index (κ3) is 6.06. The Hall–Kier alpha value is -2.35. The average Bonchev–Trinajstić information content (AvgIpc) is 2.85. The number of ether oxygens (including phenoxy) is 1. The van der Waals surface area contributed by atoms with Crippen LogP contribution in [0.1, 0.15) is 66.2 Å². The Morgan fingerprint density at radius 3 is 2.17 bits per heavy atom. The molecule has 8 nitrogen and oxygen atoms in total. The number of aliphatic hydroxyl groups excluding tert-OH is 3. The van der Waals surface area contributed by atoms with E-state index in [-0.39, 0.29) is 0 Å². The normalized spacial score (nSPS) is 22.0. The van der Waals surface area contributed by atoms with Crippen molar-refractivity contribution in [2.24, 2.45) is 11.8 Å². The van der Waals surface area contributed by atoms with Crippen LogP contribution in [0.25, 0.3) is 0 Å². The molecule has 1 heterocycles. The molecular formula is C21H32O8. The number of allylic oxidation sites excluding steroid dienone is 1. The smallest absolute Gasteiger partial charge is 0.378 e. The molecule has 0 spiro atoms. The Morgan fingerprint density at radius 1 is 1.10 bits per heavy atom. The van der Waals surface area contributed by atoms with E-state index < -0.39 is 40.9 Å². The van der Waals surface area contributed by atoms with Crippen molar-refractivity contribution in [2.45, 2.75) is 77.9 Å². The van der Waals surface area contributed by atoms with E-state index in [1.165, 1.54) is 12.8 Å². The highest BCUT2D eigenvalue weighted by Crippen LogP contribution is 2.35. The Bertz CT molecular complexity index is 691. The van der Waals surface area contributed by atoms with Crippen LogP contribution in [0.2, 0.25) is 0 Å². The average molecular weight is 412 g/mol. The molecule has 0 radical (unpaired) electrons. The minimum absolute atomic E-state index is 0.539. The van der Waals surface area contributed by atoms with E-state index in [0.717, 1.165) is 25.3 Å². The van der Waals surface area contributed by atoms with E-state index in [4.69, 9.17) is 5.11 Å². The predicted molar refractivity (Wildman–Crippen MR) is 105 cm³/mol. The second kappa shape index (κ2) is 10.4. The molecule has 0 fully saturated rings. The van der Waals surface area contributed by atoms with Crippen molar-refractivity contribution >= 4 is 17.7 Å². The van der Waals surface area contributed by atoms with Crippen LogP contribution < -0.4 is 0 Å². The number of aliphatic carboxylic acids is 1. The van der Waals surface area contributed by atoms with Gasteiger partial charge in [0.05, 0.1) is 0 Å². The molecule has 0 saturated carbocycles. The molecule has 0 saturated heterocycles. The molecule has 0 aromatic rings. The van der Waals surface area contributed by atoms with Crippen molar-refractivity contribution in [2.75, 3.05) is 0 Å². The molecule has 164 valence electrons. The van der Waals surface area contributed by atoms with E-state index >= 15 is 0 Å².